The van der Waals surface area contributed by atoms with Crippen molar-refractivity contribution in [3.05, 3.63) is 36.2 Å². The molecule has 2 rings (SSSR count). The van der Waals surface area contributed by atoms with Gasteiger partial charge < -0.3 is 5.32 Å². The summed E-state index contributed by atoms with van der Waals surface area (Å²) in [6.07, 6.45) is 6.36. The summed E-state index contributed by atoms with van der Waals surface area (Å²) in [4.78, 5) is 4.35. The fourth-order valence-electron chi connectivity index (χ4n) is 1.58. The van der Waals surface area contributed by atoms with Crippen molar-refractivity contribution in [3.63, 3.8) is 0 Å². The molecule has 1 aromatic rings. The van der Waals surface area contributed by atoms with Gasteiger partial charge >= 0.3 is 0 Å². The monoisotopic (exact) mass is 174 g/mol. The minimum absolute atomic E-state index is 1.07. The fourth-order valence-corrected chi connectivity index (χ4v) is 1.58. The van der Waals surface area contributed by atoms with E-state index in [1.165, 1.54) is 5.57 Å². The van der Waals surface area contributed by atoms with E-state index in [0.29, 0.717) is 0 Å². The molecule has 0 bridgehead atoms. The smallest absolute Gasteiger partial charge is 0.0658 e. The molecule has 0 fully saturated rings. The van der Waals surface area contributed by atoms with Gasteiger partial charge in [-0.25, -0.2) is 0 Å². The number of hydrogen-bond acceptors (Lipinski definition) is 2. The Balaban J connectivity index is 2.19. The molecule has 0 spiro atoms. The highest BCUT2D eigenvalue weighted by molar-refractivity contribution is 5.62. The van der Waals surface area contributed by atoms with Crippen LogP contribution in [-0.2, 0) is 0 Å². The average Bonchev–Trinajstić information content (AvgIpc) is 2.47. The van der Waals surface area contributed by atoms with Crippen LogP contribution in [0, 0.1) is 0 Å². The van der Waals surface area contributed by atoms with Crippen molar-refractivity contribution in [2.24, 2.45) is 0 Å². The molecule has 0 aromatic carbocycles. The molecule has 0 atom stereocenters. The van der Waals surface area contributed by atoms with E-state index in [4.69, 9.17) is 0 Å². The SMILES string of the molecule is C1=C(c2ccccn2)CCNCC1. The van der Waals surface area contributed by atoms with Crippen molar-refractivity contribution in [1.29, 1.82) is 0 Å². The van der Waals surface area contributed by atoms with Crippen LogP contribution in [0.2, 0.25) is 0 Å². The normalized spacial score (nSPS) is 17.7. The zero-order chi connectivity index (χ0) is 8.93. The van der Waals surface area contributed by atoms with Crippen LogP contribution in [0.15, 0.2) is 30.5 Å². The highest BCUT2D eigenvalue weighted by Gasteiger charge is 2.04. The van der Waals surface area contributed by atoms with Gasteiger partial charge in [-0.05, 0) is 43.6 Å². The molecule has 0 amide bonds. The Hall–Kier alpha value is -1.15. The second-order valence-corrected chi connectivity index (χ2v) is 3.23. The van der Waals surface area contributed by atoms with Gasteiger partial charge in [0.1, 0.15) is 0 Å². The predicted octanol–water partition coefficient (Wildman–Crippen LogP) is 1.85. The summed E-state index contributed by atoms with van der Waals surface area (Å²) >= 11 is 0. The lowest BCUT2D eigenvalue weighted by Gasteiger charge is -2.03. The zero-order valence-corrected chi connectivity index (χ0v) is 7.66. The Bertz CT molecular complexity index is 290. The number of nitrogens with zero attached hydrogens (tertiary/aromatic N) is 1. The molecule has 1 aliphatic rings. The summed E-state index contributed by atoms with van der Waals surface area (Å²) in [6.45, 7) is 2.17. The molecule has 2 heteroatoms. The molecule has 2 nitrogen and oxygen atoms in total. The molecule has 0 radical (unpaired) electrons. The molecule has 1 N–H and O–H groups in total. The van der Waals surface area contributed by atoms with Gasteiger partial charge in [0.15, 0.2) is 0 Å². The summed E-state index contributed by atoms with van der Waals surface area (Å²) in [6, 6.07) is 6.08. The van der Waals surface area contributed by atoms with Gasteiger partial charge in [-0.15, -0.1) is 0 Å². The van der Waals surface area contributed by atoms with Crippen LogP contribution in [0.1, 0.15) is 18.5 Å². The van der Waals surface area contributed by atoms with Crippen molar-refractivity contribution >= 4 is 5.57 Å². The van der Waals surface area contributed by atoms with Crippen molar-refractivity contribution in [2.45, 2.75) is 12.8 Å². The molecule has 2 heterocycles. The second-order valence-electron chi connectivity index (χ2n) is 3.23. The molecular formula is C11H14N2. The zero-order valence-electron chi connectivity index (χ0n) is 7.66. The summed E-state index contributed by atoms with van der Waals surface area (Å²) in [5, 5.41) is 3.37. The van der Waals surface area contributed by atoms with Gasteiger partial charge in [-0.1, -0.05) is 12.1 Å². The van der Waals surface area contributed by atoms with Crippen molar-refractivity contribution in [3.8, 4) is 0 Å². The molecule has 0 saturated carbocycles. The molecule has 0 unspecified atom stereocenters. The molecule has 0 aliphatic carbocycles. The third kappa shape index (κ3) is 2.16. The van der Waals surface area contributed by atoms with Gasteiger partial charge in [0.25, 0.3) is 0 Å². The lowest BCUT2D eigenvalue weighted by Crippen LogP contribution is -2.13. The second kappa shape index (κ2) is 4.19. The Morgan fingerprint density at radius 2 is 2.23 bits per heavy atom. The molecular weight excluding hydrogens is 160 g/mol. The van der Waals surface area contributed by atoms with Crippen LogP contribution in [0.25, 0.3) is 5.57 Å². The lowest BCUT2D eigenvalue weighted by molar-refractivity contribution is 0.718. The minimum Gasteiger partial charge on any atom is -0.316 e. The van der Waals surface area contributed by atoms with Crippen LogP contribution in [0.5, 0.6) is 0 Å². The lowest BCUT2D eigenvalue weighted by atomic mass is 10.1. The van der Waals surface area contributed by atoms with Crippen molar-refractivity contribution in [2.75, 3.05) is 13.1 Å². The Morgan fingerprint density at radius 1 is 1.23 bits per heavy atom. The van der Waals surface area contributed by atoms with Gasteiger partial charge in [0.2, 0.25) is 0 Å². The minimum atomic E-state index is 1.07. The van der Waals surface area contributed by atoms with E-state index in [9.17, 15) is 0 Å². The first-order chi connectivity index (χ1) is 6.47. The first-order valence-corrected chi connectivity index (χ1v) is 4.78. The molecule has 1 aliphatic heterocycles. The number of pyridine rings is 1. The number of nitrogens with one attached hydrogen (secondary N) is 1. The molecule has 0 saturated heterocycles. The Morgan fingerprint density at radius 3 is 3.08 bits per heavy atom. The highest BCUT2D eigenvalue weighted by atomic mass is 14.8. The maximum atomic E-state index is 4.35. The standard InChI is InChI=1S/C11H14N2/c1-2-8-13-11(5-1)10-4-3-7-12-9-6-10/h1-2,4-5,8,12H,3,6-7,9H2. The van der Waals surface area contributed by atoms with E-state index < -0.39 is 0 Å². The Labute approximate surface area is 78.7 Å². The van der Waals surface area contributed by atoms with Crippen molar-refractivity contribution < 1.29 is 0 Å². The molecule has 13 heavy (non-hydrogen) atoms. The molecule has 1 aromatic heterocycles. The summed E-state index contributed by atoms with van der Waals surface area (Å²) in [5.41, 5.74) is 2.51. The van der Waals surface area contributed by atoms with Gasteiger partial charge in [0.05, 0.1) is 5.69 Å². The first-order valence-electron chi connectivity index (χ1n) is 4.78. The van der Waals surface area contributed by atoms with Crippen LogP contribution in [-0.4, -0.2) is 18.1 Å². The number of rotatable bonds is 1. The number of hydrogen-bond donors (Lipinski definition) is 1. The van der Waals surface area contributed by atoms with Crippen LogP contribution in [0.4, 0.5) is 0 Å². The van der Waals surface area contributed by atoms with Gasteiger partial charge in [-0.3, -0.25) is 4.98 Å². The van der Waals surface area contributed by atoms with Crippen molar-refractivity contribution in [1.82, 2.24) is 10.3 Å². The Kier molecular flexibility index (Phi) is 2.72. The largest absolute Gasteiger partial charge is 0.316 e. The summed E-state index contributed by atoms with van der Waals surface area (Å²) in [5.74, 6) is 0. The van der Waals surface area contributed by atoms with Crippen LogP contribution >= 0.6 is 0 Å². The van der Waals surface area contributed by atoms with E-state index in [0.717, 1.165) is 31.6 Å². The average molecular weight is 174 g/mol. The van der Waals surface area contributed by atoms with E-state index in [2.05, 4.69) is 22.4 Å². The van der Waals surface area contributed by atoms with Crippen LogP contribution in [0.3, 0.4) is 0 Å². The van der Waals surface area contributed by atoms with Gasteiger partial charge in [-0.2, -0.15) is 0 Å². The number of aromatic nitrogens is 1. The predicted molar refractivity (Wildman–Crippen MR) is 54.3 cm³/mol. The first kappa shape index (κ1) is 8.45. The highest BCUT2D eigenvalue weighted by Crippen LogP contribution is 2.16. The van der Waals surface area contributed by atoms with E-state index in [-0.39, 0.29) is 0 Å². The summed E-state index contributed by atoms with van der Waals surface area (Å²) < 4.78 is 0. The molecule has 68 valence electrons. The van der Waals surface area contributed by atoms with Gasteiger partial charge in [0, 0.05) is 6.20 Å². The van der Waals surface area contributed by atoms with Crippen LogP contribution < -0.4 is 5.32 Å². The third-order valence-electron chi connectivity index (χ3n) is 2.28. The van der Waals surface area contributed by atoms with E-state index in [1.807, 2.05) is 18.3 Å². The fraction of sp³-hybridized carbons (Fsp3) is 0.364. The quantitative estimate of drug-likeness (QED) is 0.702. The summed E-state index contributed by atoms with van der Waals surface area (Å²) in [7, 11) is 0. The topological polar surface area (TPSA) is 24.9 Å². The maximum absolute atomic E-state index is 4.35. The van der Waals surface area contributed by atoms with E-state index >= 15 is 0 Å². The maximum Gasteiger partial charge on any atom is 0.0658 e. The van der Waals surface area contributed by atoms with E-state index in [1.54, 1.807) is 0 Å². The third-order valence-corrected chi connectivity index (χ3v) is 2.28.